The number of nitrogens with one attached hydrogen (secondary N) is 1. The number of terminal acetylenes is 1. The van der Waals surface area contributed by atoms with Gasteiger partial charge in [-0.05, 0) is 24.3 Å². The van der Waals surface area contributed by atoms with E-state index in [-0.39, 0.29) is 0 Å². The summed E-state index contributed by atoms with van der Waals surface area (Å²) < 4.78 is 0. The molecule has 0 aliphatic carbocycles. The summed E-state index contributed by atoms with van der Waals surface area (Å²) in [4.78, 5) is 14.7. The maximum atomic E-state index is 5.74. The van der Waals surface area contributed by atoms with Crippen molar-refractivity contribution in [1.82, 2.24) is 19.9 Å². The minimum absolute atomic E-state index is 0.358. The molecule has 4 aromatic rings. The predicted molar refractivity (Wildman–Crippen MR) is 147 cm³/mol. The highest BCUT2D eigenvalue weighted by molar-refractivity contribution is 6.83. The molecule has 10 heteroatoms. The van der Waals surface area contributed by atoms with Gasteiger partial charge in [0.15, 0.2) is 0 Å². The molecule has 0 fully saturated rings. The van der Waals surface area contributed by atoms with Crippen LogP contribution in [0.25, 0.3) is 10.9 Å². The van der Waals surface area contributed by atoms with Crippen LogP contribution >= 0.6 is 34.8 Å². The van der Waals surface area contributed by atoms with E-state index in [0.29, 0.717) is 32.4 Å². The number of halogens is 3. The molecule has 0 radical (unpaired) electrons. The summed E-state index contributed by atoms with van der Waals surface area (Å²) in [6, 6.07) is 6.90. The summed E-state index contributed by atoms with van der Waals surface area (Å²) in [6.45, 7) is 6.54. The topological polar surface area (TPSA) is 106 Å². The Kier molecular flexibility index (Phi) is 9.79. The van der Waals surface area contributed by atoms with Crippen LogP contribution < -0.4 is 11.5 Å². The summed E-state index contributed by atoms with van der Waals surface area (Å²) in [5, 5.41) is 2.37. The van der Waals surface area contributed by atoms with Gasteiger partial charge in [0, 0.05) is 35.7 Å². The molecule has 0 aliphatic heterocycles. The van der Waals surface area contributed by atoms with Crippen molar-refractivity contribution in [3.63, 3.8) is 0 Å². The minimum atomic E-state index is -1.35. The average Bonchev–Trinajstić information content (AvgIpc) is 3.21. The van der Waals surface area contributed by atoms with Gasteiger partial charge >= 0.3 is 0 Å². The molecular weight excluding hydrogens is 507 g/mol. The highest BCUT2D eigenvalue weighted by Gasteiger charge is 2.08. The van der Waals surface area contributed by atoms with Gasteiger partial charge < -0.3 is 16.5 Å². The fourth-order valence-corrected chi connectivity index (χ4v) is 3.29. The molecule has 0 bridgehead atoms. The summed E-state index contributed by atoms with van der Waals surface area (Å²) in [6.07, 6.45) is 11.8. The lowest BCUT2D eigenvalue weighted by molar-refractivity contribution is 1.32. The van der Waals surface area contributed by atoms with Gasteiger partial charge in [-0.2, -0.15) is 0 Å². The van der Waals surface area contributed by atoms with Crippen molar-refractivity contribution >= 4 is 65.2 Å². The molecule has 0 saturated heterocycles. The first kappa shape index (κ1) is 27.0. The van der Waals surface area contributed by atoms with Crippen molar-refractivity contribution < 1.29 is 0 Å². The van der Waals surface area contributed by atoms with E-state index < -0.39 is 8.07 Å². The summed E-state index contributed by atoms with van der Waals surface area (Å²) in [7, 11) is -1.35. The second-order valence-corrected chi connectivity index (χ2v) is 13.8. The number of H-pyrrole nitrogens is 1. The molecule has 0 amide bonds. The van der Waals surface area contributed by atoms with E-state index in [1.54, 1.807) is 24.5 Å². The first-order valence-corrected chi connectivity index (χ1v) is 14.5. The van der Waals surface area contributed by atoms with E-state index >= 15 is 0 Å². The van der Waals surface area contributed by atoms with Gasteiger partial charge in [-0.1, -0.05) is 66.3 Å². The number of anilines is 2. The maximum Gasteiger partial charge on any atom is 0.131 e. The highest BCUT2D eigenvalue weighted by atomic mass is 35.5. The molecule has 5 N–H and O–H groups in total. The summed E-state index contributed by atoms with van der Waals surface area (Å²) in [5.74, 6) is 5.42. The van der Waals surface area contributed by atoms with Gasteiger partial charge in [0.05, 0.1) is 22.5 Å². The van der Waals surface area contributed by atoms with Crippen LogP contribution in [0.5, 0.6) is 0 Å². The van der Waals surface area contributed by atoms with Gasteiger partial charge in [-0.15, -0.1) is 12.0 Å². The summed E-state index contributed by atoms with van der Waals surface area (Å²) >= 11 is 16.8. The van der Waals surface area contributed by atoms with E-state index in [1.807, 2.05) is 12.3 Å². The van der Waals surface area contributed by atoms with E-state index in [1.165, 1.54) is 12.3 Å². The Morgan fingerprint density at radius 3 is 1.91 bits per heavy atom. The maximum absolute atomic E-state index is 5.74. The van der Waals surface area contributed by atoms with E-state index in [0.717, 1.165) is 16.5 Å². The number of hydrogen-bond donors (Lipinski definition) is 3. The fraction of sp³-hybridized carbons (Fsp3) is 0.125. The third-order valence-electron chi connectivity index (χ3n) is 3.94. The van der Waals surface area contributed by atoms with Gasteiger partial charge in [-0.25, -0.2) is 15.0 Å². The van der Waals surface area contributed by atoms with Crippen LogP contribution in [0.3, 0.4) is 0 Å². The van der Waals surface area contributed by atoms with Crippen molar-refractivity contribution in [3.8, 4) is 23.8 Å². The lowest BCUT2D eigenvalue weighted by Gasteiger charge is -2.04. The molecule has 4 heterocycles. The zero-order valence-corrected chi connectivity index (χ0v) is 22.1. The monoisotopic (exact) mass is 528 g/mol. The smallest absolute Gasteiger partial charge is 0.131 e. The first-order chi connectivity index (χ1) is 16.0. The van der Waals surface area contributed by atoms with Crippen LogP contribution in [0.1, 0.15) is 11.1 Å². The lowest BCUT2D eigenvalue weighted by atomic mass is 10.2. The van der Waals surface area contributed by atoms with Crippen molar-refractivity contribution in [2.24, 2.45) is 0 Å². The van der Waals surface area contributed by atoms with E-state index in [9.17, 15) is 0 Å². The van der Waals surface area contributed by atoms with Crippen LogP contribution in [0.15, 0.2) is 49.1 Å². The number of nitrogens with two attached hydrogens (primary N) is 2. The predicted octanol–water partition coefficient (Wildman–Crippen LogP) is 6.06. The summed E-state index contributed by atoms with van der Waals surface area (Å²) in [5.41, 5.74) is 17.9. The Hall–Kier alpha value is -3.20. The number of nitrogen functional groups attached to an aromatic ring is 2. The zero-order chi connectivity index (χ0) is 25.3. The number of aromatic amines is 1. The Labute approximate surface area is 215 Å². The Balaban J connectivity index is 0.000000184. The third kappa shape index (κ3) is 8.97. The molecule has 0 atom stereocenters. The number of aromatic nitrogens is 4. The molecule has 6 nitrogen and oxygen atoms in total. The Morgan fingerprint density at radius 2 is 1.38 bits per heavy atom. The zero-order valence-electron chi connectivity index (χ0n) is 18.8. The molecule has 0 spiro atoms. The van der Waals surface area contributed by atoms with Crippen LogP contribution in [0, 0.1) is 23.8 Å². The van der Waals surface area contributed by atoms with Crippen LogP contribution in [-0.2, 0) is 0 Å². The normalized spacial score (nSPS) is 10.0. The molecule has 174 valence electrons. The lowest BCUT2D eigenvalue weighted by Crippen LogP contribution is -2.16. The molecule has 4 aromatic heterocycles. The highest BCUT2D eigenvalue weighted by Crippen LogP contribution is 2.15. The van der Waals surface area contributed by atoms with E-state index in [2.05, 4.69) is 57.0 Å². The molecule has 0 unspecified atom stereocenters. The van der Waals surface area contributed by atoms with Crippen molar-refractivity contribution in [2.45, 2.75) is 19.6 Å². The second-order valence-electron chi connectivity index (χ2n) is 7.90. The second kappa shape index (κ2) is 12.3. The number of hydrogen-bond acceptors (Lipinski definition) is 5. The molecule has 0 saturated carbocycles. The van der Waals surface area contributed by atoms with Crippen LogP contribution in [-0.4, -0.2) is 28.0 Å². The number of nitrogens with zero attached hydrogens (tertiary/aromatic N) is 3. The number of fused-ring (bicyclic) bond motifs is 1. The average molecular weight is 530 g/mol. The minimum Gasteiger partial charge on any atom is -0.398 e. The number of pyridine rings is 3. The van der Waals surface area contributed by atoms with Crippen molar-refractivity contribution in [1.29, 1.82) is 0 Å². The molecule has 0 aliphatic rings. The SMILES string of the molecule is C#Cc1cnc(Cl)cc1N.C[Si](C)(C)C#Cc1cnc(Cl)cc1N.Clc1cc2[nH]ccc2cn1. The quantitative estimate of drug-likeness (QED) is 0.146. The first-order valence-electron chi connectivity index (χ1n) is 9.89. The number of rotatable bonds is 0. The van der Waals surface area contributed by atoms with Crippen LogP contribution in [0.4, 0.5) is 11.4 Å². The Bertz CT molecular complexity index is 1380. The molecular formula is C24H23Cl3N6Si. The van der Waals surface area contributed by atoms with Gasteiger partial charge in [0.2, 0.25) is 0 Å². The molecule has 0 aromatic carbocycles. The third-order valence-corrected chi connectivity index (χ3v) is 5.43. The van der Waals surface area contributed by atoms with Crippen molar-refractivity contribution in [2.75, 3.05) is 11.5 Å². The van der Waals surface area contributed by atoms with Crippen molar-refractivity contribution in [3.05, 3.63) is 75.6 Å². The van der Waals surface area contributed by atoms with Gasteiger partial charge in [-0.3, -0.25) is 0 Å². The molecule has 4 rings (SSSR count). The molecule has 34 heavy (non-hydrogen) atoms. The van der Waals surface area contributed by atoms with Crippen LogP contribution in [0.2, 0.25) is 35.1 Å². The largest absolute Gasteiger partial charge is 0.398 e. The van der Waals surface area contributed by atoms with Gasteiger partial charge in [0.1, 0.15) is 23.5 Å². The Morgan fingerprint density at radius 1 is 0.853 bits per heavy atom. The van der Waals surface area contributed by atoms with E-state index in [4.69, 9.17) is 52.7 Å². The fourth-order valence-electron chi connectivity index (χ4n) is 2.29. The standard InChI is InChI=1S/C10H13ClN2Si.2C7H5ClN2/c1-14(2,3)5-4-8-7-13-10(11)6-9(8)12;8-7-3-6-5(4-10-7)1-2-9-6;1-2-5-4-10-7(8)3-6(5)9/h6-7H,1-3H3,(H2,12,13);1-4,9H;1,3-4H,(H2,9,10). The van der Waals surface area contributed by atoms with Gasteiger partial charge in [0.25, 0.3) is 0 Å².